The first-order valence-electron chi connectivity index (χ1n) is 6.92. The molecule has 0 unspecified atom stereocenters. The Morgan fingerprint density at radius 2 is 2.26 bits per heavy atom. The number of nitrogens with one attached hydrogen (secondary N) is 1. The predicted octanol–water partition coefficient (Wildman–Crippen LogP) is 1.05. The van der Waals surface area contributed by atoms with E-state index >= 15 is 0 Å². The Bertz CT molecular complexity index is 434. The fourth-order valence-electron chi connectivity index (χ4n) is 2.65. The summed E-state index contributed by atoms with van der Waals surface area (Å²) in [7, 11) is 1.91. The Morgan fingerprint density at radius 1 is 1.47 bits per heavy atom. The molecular formula is C15H22N2O2. The molecule has 4 heteroatoms. The first-order valence-corrected chi connectivity index (χ1v) is 6.92. The Hall–Kier alpha value is -1.39. The summed E-state index contributed by atoms with van der Waals surface area (Å²) >= 11 is 0. The molecule has 1 atom stereocenters. The van der Waals surface area contributed by atoms with Gasteiger partial charge in [-0.1, -0.05) is 18.2 Å². The maximum atomic E-state index is 12.6. The van der Waals surface area contributed by atoms with E-state index in [9.17, 15) is 9.90 Å². The molecule has 1 aliphatic rings. The van der Waals surface area contributed by atoms with Gasteiger partial charge < -0.3 is 15.3 Å². The van der Waals surface area contributed by atoms with Gasteiger partial charge in [-0.2, -0.15) is 0 Å². The van der Waals surface area contributed by atoms with Crippen LogP contribution in [-0.2, 0) is 6.42 Å². The highest BCUT2D eigenvalue weighted by Crippen LogP contribution is 2.21. The van der Waals surface area contributed by atoms with E-state index in [1.165, 1.54) is 0 Å². The minimum atomic E-state index is -0.00939. The minimum Gasteiger partial charge on any atom is -0.394 e. The van der Waals surface area contributed by atoms with Crippen molar-refractivity contribution in [3.05, 3.63) is 35.4 Å². The average Bonchev–Trinajstić information content (AvgIpc) is 2.93. The summed E-state index contributed by atoms with van der Waals surface area (Å²) in [6.45, 7) is 1.67. The number of rotatable bonds is 5. The molecule has 1 aliphatic heterocycles. The van der Waals surface area contributed by atoms with Crippen molar-refractivity contribution in [1.29, 1.82) is 0 Å². The second kappa shape index (κ2) is 6.68. The summed E-state index contributed by atoms with van der Waals surface area (Å²) in [5, 5.41) is 12.4. The SMILES string of the molecule is CNCCc1ccccc1C(=O)N1CCC[C@H]1CO. The molecule has 0 aromatic heterocycles. The third-order valence-corrected chi connectivity index (χ3v) is 3.74. The van der Waals surface area contributed by atoms with Crippen molar-refractivity contribution in [2.24, 2.45) is 0 Å². The van der Waals surface area contributed by atoms with Crippen molar-refractivity contribution in [3.8, 4) is 0 Å². The zero-order valence-electron chi connectivity index (χ0n) is 11.4. The fourth-order valence-corrected chi connectivity index (χ4v) is 2.65. The van der Waals surface area contributed by atoms with Gasteiger partial charge in [0.1, 0.15) is 0 Å². The number of amides is 1. The highest BCUT2D eigenvalue weighted by atomic mass is 16.3. The smallest absolute Gasteiger partial charge is 0.254 e. The van der Waals surface area contributed by atoms with Gasteiger partial charge in [0.15, 0.2) is 0 Å². The molecule has 1 fully saturated rings. The van der Waals surface area contributed by atoms with E-state index in [-0.39, 0.29) is 18.6 Å². The van der Waals surface area contributed by atoms with E-state index in [0.29, 0.717) is 0 Å². The van der Waals surface area contributed by atoms with Crippen LogP contribution < -0.4 is 5.32 Å². The fraction of sp³-hybridized carbons (Fsp3) is 0.533. The summed E-state index contributed by atoms with van der Waals surface area (Å²) in [5.74, 6) is 0.0586. The van der Waals surface area contributed by atoms with E-state index in [0.717, 1.165) is 43.5 Å². The third-order valence-electron chi connectivity index (χ3n) is 3.74. The maximum absolute atomic E-state index is 12.6. The number of carbonyl (C=O) groups is 1. The molecule has 1 aromatic rings. The molecule has 1 saturated heterocycles. The Kier molecular flexibility index (Phi) is 4.93. The van der Waals surface area contributed by atoms with E-state index in [1.54, 1.807) is 0 Å². The van der Waals surface area contributed by atoms with Crippen LogP contribution >= 0.6 is 0 Å². The lowest BCUT2D eigenvalue weighted by Crippen LogP contribution is -2.38. The number of likely N-dealkylation sites (N-methyl/N-ethyl adjacent to an activating group) is 1. The molecule has 2 N–H and O–H groups in total. The van der Waals surface area contributed by atoms with Crippen molar-refractivity contribution in [3.63, 3.8) is 0 Å². The van der Waals surface area contributed by atoms with Crippen molar-refractivity contribution >= 4 is 5.91 Å². The molecule has 0 aliphatic carbocycles. The van der Waals surface area contributed by atoms with E-state index in [2.05, 4.69) is 5.32 Å². The second-order valence-corrected chi connectivity index (χ2v) is 4.99. The standard InChI is InChI=1S/C15H22N2O2/c1-16-9-8-12-5-2-3-7-14(12)15(19)17-10-4-6-13(17)11-18/h2-3,5,7,13,16,18H,4,6,8-11H2,1H3/t13-/m0/s1. The number of aliphatic hydroxyl groups is 1. The molecule has 4 nitrogen and oxygen atoms in total. The predicted molar refractivity (Wildman–Crippen MR) is 75.2 cm³/mol. The van der Waals surface area contributed by atoms with Gasteiger partial charge in [-0.05, 0) is 44.5 Å². The summed E-state index contributed by atoms with van der Waals surface area (Å²) in [6.07, 6.45) is 2.73. The molecule has 1 amide bonds. The lowest BCUT2D eigenvalue weighted by molar-refractivity contribution is 0.0676. The van der Waals surface area contributed by atoms with Gasteiger partial charge in [-0.3, -0.25) is 4.79 Å². The molecule has 1 heterocycles. The van der Waals surface area contributed by atoms with Crippen molar-refractivity contribution in [2.75, 3.05) is 26.7 Å². The number of nitrogens with zero attached hydrogens (tertiary/aromatic N) is 1. The zero-order valence-corrected chi connectivity index (χ0v) is 11.4. The van der Waals surface area contributed by atoms with Crippen LogP contribution in [0.5, 0.6) is 0 Å². The molecule has 104 valence electrons. The number of hydrogen-bond donors (Lipinski definition) is 2. The number of carbonyl (C=O) groups excluding carboxylic acids is 1. The summed E-state index contributed by atoms with van der Waals surface area (Å²) < 4.78 is 0. The van der Waals surface area contributed by atoms with Crippen LogP contribution in [0.4, 0.5) is 0 Å². The Morgan fingerprint density at radius 3 is 3.00 bits per heavy atom. The van der Waals surface area contributed by atoms with Gasteiger partial charge in [-0.25, -0.2) is 0 Å². The van der Waals surface area contributed by atoms with Crippen molar-refractivity contribution in [2.45, 2.75) is 25.3 Å². The summed E-state index contributed by atoms with van der Waals surface area (Å²) in [5.41, 5.74) is 1.85. The second-order valence-electron chi connectivity index (χ2n) is 4.99. The summed E-state index contributed by atoms with van der Waals surface area (Å²) in [4.78, 5) is 14.4. The number of hydrogen-bond acceptors (Lipinski definition) is 3. The maximum Gasteiger partial charge on any atom is 0.254 e. The van der Waals surface area contributed by atoms with E-state index in [4.69, 9.17) is 0 Å². The Labute approximate surface area is 114 Å². The number of likely N-dealkylation sites (tertiary alicyclic amines) is 1. The number of aliphatic hydroxyl groups excluding tert-OH is 1. The third kappa shape index (κ3) is 3.14. The molecular weight excluding hydrogens is 240 g/mol. The molecule has 0 saturated carbocycles. The van der Waals surface area contributed by atoms with Gasteiger partial charge >= 0.3 is 0 Å². The van der Waals surface area contributed by atoms with Crippen LogP contribution in [0, 0.1) is 0 Å². The van der Waals surface area contributed by atoms with Crippen LogP contribution in [0.15, 0.2) is 24.3 Å². The number of benzene rings is 1. The topological polar surface area (TPSA) is 52.6 Å². The highest BCUT2D eigenvalue weighted by molar-refractivity contribution is 5.96. The lowest BCUT2D eigenvalue weighted by Gasteiger charge is -2.24. The minimum absolute atomic E-state index is 0.00939. The first kappa shape index (κ1) is 14.0. The van der Waals surface area contributed by atoms with E-state index < -0.39 is 0 Å². The zero-order chi connectivity index (χ0) is 13.7. The van der Waals surface area contributed by atoms with E-state index in [1.807, 2.05) is 36.2 Å². The normalized spacial score (nSPS) is 18.8. The first-order chi connectivity index (χ1) is 9.27. The van der Waals surface area contributed by atoms with Crippen LogP contribution in [0.3, 0.4) is 0 Å². The van der Waals surface area contributed by atoms with Crippen LogP contribution in [0.25, 0.3) is 0 Å². The Balaban J connectivity index is 2.18. The van der Waals surface area contributed by atoms with Crippen LogP contribution in [-0.4, -0.2) is 48.7 Å². The summed E-state index contributed by atoms with van der Waals surface area (Å²) in [6, 6.07) is 7.76. The lowest BCUT2D eigenvalue weighted by atomic mass is 10.0. The van der Waals surface area contributed by atoms with Crippen LogP contribution in [0.2, 0.25) is 0 Å². The van der Waals surface area contributed by atoms with Gasteiger partial charge in [0.25, 0.3) is 5.91 Å². The highest BCUT2D eigenvalue weighted by Gasteiger charge is 2.29. The largest absolute Gasteiger partial charge is 0.394 e. The monoisotopic (exact) mass is 262 g/mol. The van der Waals surface area contributed by atoms with Gasteiger partial charge in [0.2, 0.25) is 0 Å². The van der Waals surface area contributed by atoms with Gasteiger partial charge in [0.05, 0.1) is 12.6 Å². The van der Waals surface area contributed by atoms with Crippen LogP contribution in [0.1, 0.15) is 28.8 Å². The average molecular weight is 262 g/mol. The molecule has 2 rings (SSSR count). The van der Waals surface area contributed by atoms with Gasteiger partial charge in [0, 0.05) is 12.1 Å². The van der Waals surface area contributed by atoms with Crippen molar-refractivity contribution in [1.82, 2.24) is 10.2 Å². The molecule has 0 spiro atoms. The quantitative estimate of drug-likeness (QED) is 0.834. The van der Waals surface area contributed by atoms with Crippen molar-refractivity contribution < 1.29 is 9.90 Å². The molecule has 1 aromatic carbocycles. The molecule has 19 heavy (non-hydrogen) atoms. The van der Waals surface area contributed by atoms with Gasteiger partial charge in [-0.15, -0.1) is 0 Å². The molecule has 0 bridgehead atoms. The molecule has 0 radical (unpaired) electrons.